The molecule has 0 bridgehead atoms. The first kappa shape index (κ1) is 13.2. The van der Waals surface area contributed by atoms with Crippen LogP contribution in [0.1, 0.15) is 29.8 Å². The largest absolute Gasteiger partial charge is 0.310 e. The molecule has 1 heterocycles. The maximum atomic E-state index is 13.3. The number of halogens is 1. The molecule has 0 radical (unpaired) electrons. The van der Waals surface area contributed by atoms with Gasteiger partial charge in [0.05, 0.1) is 0 Å². The predicted octanol–water partition coefficient (Wildman–Crippen LogP) is 4.17. The fraction of sp³-hybridized carbons (Fsp3) is 0.333. The molecule has 0 saturated carbocycles. The molecule has 96 valence electrons. The van der Waals surface area contributed by atoms with E-state index >= 15 is 0 Å². The predicted molar refractivity (Wildman–Crippen MR) is 75.5 cm³/mol. The molecule has 1 aromatic heterocycles. The maximum Gasteiger partial charge on any atom is 0.123 e. The van der Waals surface area contributed by atoms with E-state index in [2.05, 4.69) is 29.8 Å². The summed E-state index contributed by atoms with van der Waals surface area (Å²) >= 11 is 1.78. The van der Waals surface area contributed by atoms with Gasteiger partial charge in [0.2, 0.25) is 0 Å². The second kappa shape index (κ2) is 6.66. The summed E-state index contributed by atoms with van der Waals surface area (Å²) in [4.78, 5) is 1.38. The Morgan fingerprint density at radius 3 is 2.83 bits per heavy atom. The Kier molecular flexibility index (Phi) is 4.90. The minimum absolute atomic E-state index is 0.161. The van der Waals surface area contributed by atoms with Crippen LogP contribution in [0.5, 0.6) is 0 Å². The summed E-state index contributed by atoms with van der Waals surface area (Å²) in [6.45, 7) is 2.98. The van der Waals surface area contributed by atoms with Gasteiger partial charge in [0, 0.05) is 10.9 Å². The number of benzene rings is 1. The van der Waals surface area contributed by atoms with Crippen LogP contribution in [0.3, 0.4) is 0 Å². The zero-order valence-corrected chi connectivity index (χ0v) is 11.3. The van der Waals surface area contributed by atoms with Crippen molar-refractivity contribution in [2.75, 3.05) is 6.54 Å². The SMILES string of the molecule is CCNC(CCc1cccs1)c1cccc(F)c1. The average Bonchev–Trinajstić information content (AvgIpc) is 2.87. The second-order valence-electron chi connectivity index (χ2n) is 4.28. The van der Waals surface area contributed by atoms with Gasteiger partial charge < -0.3 is 5.32 Å². The van der Waals surface area contributed by atoms with E-state index in [1.807, 2.05) is 6.07 Å². The molecule has 2 rings (SSSR count). The highest BCUT2D eigenvalue weighted by atomic mass is 32.1. The summed E-state index contributed by atoms with van der Waals surface area (Å²) in [5, 5.41) is 5.52. The van der Waals surface area contributed by atoms with Gasteiger partial charge in [0.15, 0.2) is 0 Å². The normalized spacial score (nSPS) is 12.6. The second-order valence-corrected chi connectivity index (χ2v) is 5.32. The number of aryl methyl sites for hydroxylation is 1. The van der Waals surface area contributed by atoms with Crippen LogP contribution in [0, 0.1) is 5.82 Å². The Bertz CT molecular complexity index is 467. The van der Waals surface area contributed by atoms with Crippen LogP contribution >= 0.6 is 11.3 Å². The summed E-state index contributed by atoms with van der Waals surface area (Å²) < 4.78 is 13.3. The third kappa shape index (κ3) is 3.65. The van der Waals surface area contributed by atoms with Gasteiger partial charge >= 0.3 is 0 Å². The Morgan fingerprint density at radius 1 is 1.28 bits per heavy atom. The number of hydrogen-bond donors (Lipinski definition) is 1. The molecule has 2 aromatic rings. The monoisotopic (exact) mass is 263 g/mol. The molecule has 18 heavy (non-hydrogen) atoms. The minimum atomic E-state index is -0.161. The van der Waals surface area contributed by atoms with E-state index in [0.717, 1.165) is 24.9 Å². The van der Waals surface area contributed by atoms with Crippen molar-refractivity contribution < 1.29 is 4.39 Å². The molecular weight excluding hydrogens is 245 g/mol. The fourth-order valence-electron chi connectivity index (χ4n) is 2.10. The first-order valence-corrected chi connectivity index (χ1v) is 7.18. The lowest BCUT2D eigenvalue weighted by molar-refractivity contribution is 0.512. The molecule has 0 spiro atoms. The molecule has 3 heteroatoms. The topological polar surface area (TPSA) is 12.0 Å². The van der Waals surface area contributed by atoms with Crippen molar-refractivity contribution in [3.8, 4) is 0 Å². The van der Waals surface area contributed by atoms with Crippen molar-refractivity contribution in [2.45, 2.75) is 25.8 Å². The molecule has 1 N–H and O–H groups in total. The van der Waals surface area contributed by atoms with Crippen LogP contribution in [0.25, 0.3) is 0 Å². The van der Waals surface area contributed by atoms with Crippen LogP contribution in [0.4, 0.5) is 4.39 Å². The Morgan fingerprint density at radius 2 is 2.17 bits per heavy atom. The van der Waals surface area contributed by atoms with E-state index in [1.165, 1.54) is 10.9 Å². The van der Waals surface area contributed by atoms with Gasteiger partial charge in [-0.05, 0) is 48.5 Å². The van der Waals surface area contributed by atoms with Crippen molar-refractivity contribution in [3.63, 3.8) is 0 Å². The summed E-state index contributed by atoms with van der Waals surface area (Å²) in [5.41, 5.74) is 1.04. The Balaban J connectivity index is 2.03. The van der Waals surface area contributed by atoms with E-state index in [9.17, 15) is 4.39 Å². The van der Waals surface area contributed by atoms with Gasteiger partial charge in [-0.1, -0.05) is 25.1 Å². The highest BCUT2D eigenvalue weighted by Gasteiger charge is 2.11. The van der Waals surface area contributed by atoms with Gasteiger partial charge in [-0.25, -0.2) is 4.39 Å². The molecule has 1 unspecified atom stereocenters. The van der Waals surface area contributed by atoms with Crippen molar-refractivity contribution in [1.29, 1.82) is 0 Å². The number of nitrogens with one attached hydrogen (secondary N) is 1. The zero-order valence-electron chi connectivity index (χ0n) is 10.5. The van der Waals surface area contributed by atoms with Crippen molar-refractivity contribution in [2.24, 2.45) is 0 Å². The molecule has 1 aromatic carbocycles. The van der Waals surface area contributed by atoms with E-state index in [4.69, 9.17) is 0 Å². The standard InChI is InChI=1S/C15H18FNS/c1-2-17-15(9-8-14-7-4-10-18-14)12-5-3-6-13(16)11-12/h3-7,10-11,15,17H,2,8-9H2,1H3. The lowest BCUT2D eigenvalue weighted by Crippen LogP contribution is -2.21. The number of hydrogen-bond acceptors (Lipinski definition) is 2. The van der Waals surface area contributed by atoms with Crippen molar-refractivity contribution in [3.05, 3.63) is 58.0 Å². The molecule has 0 saturated heterocycles. The van der Waals surface area contributed by atoms with Crippen LogP contribution in [0.15, 0.2) is 41.8 Å². The summed E-state index contributed by atoms with van der Waals surface area (Å²) in [6.07, 6.45) is 2.03. The van der Waals surface area contributed by atoms with Crippen molar-refractivity contribution in [1.82, 2.24) is 5.32 Å². The number of rotatable bonds is 6. The third-order valence-electron chi connectivity index (χ3n) is 2.96. The Hall–Kier alpha value is -1.19. The summed E-state index contributed by atoms with van der Waals surface area (Å²) in [5.74, 6) is -0.161. The third-order valence-corrected chi connectivity index (χ3v) is 3.90. The van der Waals surface area contributed by atoms with Gasteiger partial charge in [0.1, 0.15) is 5.82 Å². The molecule has 0 aliphatic heterocycles. The van der Waals surface area contributed by atoms with Gasteiger partial charge in [-0.3, -0.25) is 0 Å². The molecule has 1 atom stereocenters. The van der Waals surface area contributed by atoms with Gasteiger partial charge in [-0.2, -0.15) is 0 Å². The van der Waals surface area contributed by atoms with E-state index in [0.29, 0.717) is 0 Å². The van der Waals surface area contributed by atoms with E-state index in [-0.39, 0.29) is 11.9 Å². The van der Waals surface area contributed by atoms with Crippen LogP contribution in [0.2, 0.25) is 0 Å². The first-order valence-electron chi connectivity index (χ1n) is 6.31. The van der Waals surface area contributed by atoms with Gasteiger partial charge in [-0.15, -0.1) is 11.3 Å². The highest BCUT2D eigenvalue weighted by molar-refractivity contribution is 7.09. The van der Waals surface area contributed by atoms with E-state index in [1.54, 1.807) is 23.5 Å². The fourth-order valence-corrected chi connectivity index (χ4v) is 2.82. The highest BCUT2D eigenvalue weighted by Crippen LogP contribution is 2.21. The van der Waals surface area contributed by atoms with Crippen molar-refractivity contribution >= 4 is 11.3 Å². The smallest absolute Gasteiger partial charge is 0.123 e. The number of thiophene rings is 1. The summed E-state index contributed by atoms with van der Waals surface area (Å²) in [6, 6.07) is 11.3. The molecule has 0 amide bonds. The summed E-state index contributed by atoms with van der Waals surface area (Å²) in [7, 11) is 0. The van der Waals surface area contributed by atoms with Gasteiger partial charge in [0.25, 0.3) is 0 Å². The average molecular weight is 263 g/mol. The maximum absolute atomic E-state index is 13.3. The molecule has 0 fully saturated rings. The molecule has 0 aliphatic carbocycles. The lowest BCUT2D eigenvalue weighted by Gasteiger charge is -2.18. The zero-order chi connectivity index (χ0) is 12.8. The van der Waals surface area contributed by atoms with Crippen LogP contribution in [-0.2, 0) is 6.42 Å². The minimum Gasteiger partial charge on any atom is -0.310 e. The molecule has 0 aliphatic rings. The first-order chi connectivity index (χ1) is 8.79. The van der Waals surface area contributed by atoms with Crippen LogP contribution < -0.4 is 5.32 Å². The van der Waals surface area contributed by atoms with E-state index < -0.39 is 0 Å². The lowest BCUT2D eigenvalue weighted by atomic mass is 10.0. The quantitative estimate of drug-likeness (QED) is 0.824. The molecule has 1 nitrogen and oxygen atoms in total. The van der Waals surface area contributed by atoms with Crippen LogP contribution in [-0.4, -0.2) is 6.54 Å². The Labute approximate surface area is 112 Å². The molecular formula is C15H18FNS.